The molecule has 6 heteroatoms. The van der Waals surface area contributed by atoms with Crippen molar-refractivity contribution in [2.75, 3.05) is 0 Å². The molecule has 1 atom stereocenters. The van der Waals surface area contributed by atoms with Gasteiger partial charge in [-0.05, 0) is 53.2 Å². The summed E-state index contributed by atoms with van der Waals surface area (Å²) >= 11 is 8.71. The molecule has 1 unspecified atom stereocenters. The second kappa shape index (κ2) is 8.76. The molecule has 4 rings (SSSR count). The van der Waals surface area contributed by atoms with Crippen LogP contribution in [0.4, 0.5) is 0 Å². The van der Waals surface area contributed by atoms with Crippen molar-refractivity contribution < 1.29 is 4.74 Å². The maximum atomic E-state index is 5.95. The molecule has 0 saturated carbocycles. The van der Waals surface area contributed by atoms with E-state index in [1.807, 2.05) is 66.7 Å². The Bertz CT molecular complexity index is 1020. The minimum Gasteiger partial charge on any atom is -0.489 e. The number of nitrogens with two attached hydrogens (primary N) is 1. The molecule has 0 fully saturated rings. The molecule has 4 nitrogen and oxygen atoms in total. The minimum atomic E-state index is -0.0191. The highest BCUT2D eigenvalue weighted by Gasteiger charge is 2.30. The third-order valence-electron chi connectivity index (χ3n) is 4.83. The molecule has 0 aromatic heterocycles. The molecule has 146 valence electrons. The van der Waals surface area contributed by atoms with Gasteiger partial charge in [0.15, 0.2) is 5.11 Å². The van der Waals surface area contributed by atoms with Gasteiger partial charge in [0.1, 0.15) is 12.4 Å². The normalized spacial score (nSPS) is 15.8. The van der Waals surface area contributed by atoms with E-state index in [-0.39, 0.29) is 11.2 Å². The Morgan fingerprint density at radius 3 is 2.38 bits per heavy atom. The average molecular weight is 466 g/mol. The maximum Gasteiger partial charge on any atom is 0.187 e. The second-order valence-corrected chi connectivity index (χ2v) is 8.13. The molecule has 1 aliphatic rings. The Hall–Kier alpha value is -2.70. The van der Waals surface area contributed by atoms with Crippen LogP contribution >= 0.6 is 28.1 Å². The van der Waals surface area contributed by atoms with E-state index in [1.54, 1.807) is 5.01 Å². The van der Waals surface area contributed by atoms with Crippen LogP contribution in [0.15, 0.2) is 88.4 Å². The molecule has 0 radical (unpaired) electrons. The molecule has 3 aromatic carbocycles. The Balaban J connectivity index is 1.48. The summed E-state index contributed by atoms with van der Waals surface area (Å²) in [4.78, 5) is 0. The summed E-state index contributed by atoms with van der Waals surface area (Å²) in [6, 6.07) is 26.3. The Morgan fingerprint density at radius 2 is 1.72 bits per heavy atom. The van der Waals surface area contributed by atoms with Crippen molar-refractivity contribution in [1.29, 1.82) is 0 Å². The van der Waals surface area contributed by atoms with Crippen LogP contribution in [0, 0.1) is 0 Å². The van der Waals surface area contributed by atoms with Crippen molar-refractivity contribution in [3.63, 3.8) is 0 Å². The number of hydrogen-bond acceptors (Lipinski definition) is 3. The van der Waals surface area contributed by atoms with Gasteiger partial charge in [0.25, 0.3) is 0 Å². The van der Waals surface area contributed by atoms with Crippen LogP contribution in [-0.4, -0.2) is 15.8 Å². The van der Waals surface area contributed by atoms with Gasteiger partial charge in [0.2, 0.25) is 0 Å². The van der Waals surface area contributed by atoms with Gasteiger partial charge >= 0.3 is 0 Å². The van der Waals surface area contributed by atoms with Crippen molar-refractivity contribution >= 4 is 39.0 Å². The summed E-state index contributed by atoms with van der Waals surface area (Å²) in [5.74, 6) is 0.825. The highest BCUT2D eigenvalue weighted by atomic mass is 79.9. The highest BCUT2D eigenvalue weighted by Crippen LogP contribution is 2.33. The van der Waals surface area contributed by atoms with Crippen molar-refractivity contribution in [2.24, 2.45) is 10.8 Å². The number of hydrogen-bond donors (Lipinski definition) is 1. The van der Waals surface area contributed by atoms with Crippen molar-refractivity contribution in [3.05, 3.63) is 100 Å². The fourth-order valence-electron chi connectivity index (χ4n) is 3.32. The van der Waals surface area contributed by atoms with E-state index in [9.17, 15) is 0 Å². The molecule has 3 aromatic rings. The van der Waals surface area contributed by atoms with Gasteiger partial charge < -0.3 is 10.5 Å². The molecule has 1 heterocycles. The van der Waals surface area contributed by atoms with Gasteiger partial charge in [-0.25, -0.2) is 5.01 Å². The van der Waals surface area contributed by atoms with E-state index in [0.29, 0.717) is 6.61 Å². The van der Waals surface area contributed by atoms with E-state index < -0.39 is 0 Å². The largest absolute Gasteiger partial charge is 0.489 e. The monoisotopic (exact) mass is 465 g/mol. The van der Waals surface area contributed by atoms with E-state index in [1.165, 1.54) is 0 Å². The fourth-order valence-corrected chi connectivity index (χ4v) is 3.75. The molecule has 1 aliphatic heterocycles. The van der Waals surface area contributed by atoms with Gasteiger partial charge in [-0.15, -0.1) is 0 Å². The first-order valence-corrected chi connectivity index (χ1v) is 10.5. The minimum absolute atomic E-state index is 0.0191. The zero-order valence-electron chi connectivity index (χ0n) is 15.7. The van der Waals surface area contributed by atoms with E-state index in [0.717, 1.165) is 39.0 Å². The van der Waals surface area contributed by atoms with Crippen molar-refractivity contribution in [3.8, 4) is 5.75 Å². The predicted octanol–water partition coefficient (Wildman–Crippen LogP) is 5.42. The molecule has 0 bridgehead atoms. The van der Waals surface area contributed by atoms with Gasteiger partial charge in [-0.2, -0.15) is 5.10 Å². The number of nitrogens with zero attached hydrogens (tertiary/aromatic N) is 2. The predicted molar refractivity (Wildman–Crippen MR) is 124 cm³/mol. The van der Waals surface area contributed by atoms with Crippen LogP contribution in [0.25, 0.3) is 0 Å². The highest BCUT2D eigenvalue weighted by molar-refractivity contribution is 9.10. The van der Waals surface area contributed by atoms with Crippen LogP contribution in [0.3, 0.4) is 0 Å². The fraction of sp³-hybridized carbons (Fsp3) is 0.130. The number of ether oxygens (including phenoxy) is 1. The lowest BCUT2D eigenvalue weighted by atomic mass is 9.98. The summed E-state index contributed by atoms with van der Waals surface area (Å²) in [7, 11) is 0. The van der Waals surface area contributed by atoms with Crippen molar-refractivity contribution in [1.82, 2.24) is 5.01 Å². The first-order valence-electron chi connectivity index (χ1n) is 9.29. The van der Waals surface area contributed by atoms with Crippen LogP contribution in [0.2, 0.25) is 0 Å². The summed E-state index contributed by atoms with van der Waals surface area (Å²) in [6.45, 7) is 0.541. The smallest absolute Gasteiger partial charge is 0.187 e. The molecule has 29 heavy (non-hydrogen) atoms. The molecular formula is C23H20BrN3OS. The van der Waals surface area contributed by atoms with E-state index >= 15 is 0 Å². The summed E-state index contributed by atoms with van der Waals surface area (Å²) in [5, 5.41) is 6.68. The van der Waals surface area contributed by atoms with Gasteiger partial charge in [0, 0.05) is 10.9 Å². The van der Waals surface area contributed by atoms with Crippen molar-refractivity contribution in [2.45, 2.75) is 19.1 Å². The number of rotatable bonds is 5. The molecule has 0 amide bonds. The van der Waals surface area contributed by atoms with Crippen LogP contribution < -0.4 is 10.5 Å². The standard InChI is InChI=1S/C23H20BrN3OS/c24-19-10-6-17(7-11-19)21-14-22(27(26-21)23(25)29)18-8-12-20(13-9-18)28-15-16-4-2-1-3-5-16/h1-13,22H,14-15H2,(H2,25,29). The molecule has 0 aliphatic carbocycles. The second-order valence-electron chi connectivity index (χ2n) is 6.80. The first-order chi connectivity index (χ1) is 14.1. The van der Waals surface area contributed by atoms with Crippen LogP contribution in [-0.2, 0) is 6.61 Å². The molecule has 2 N–H and O–H groups in total. The molecule has 0 saturated heterocycles. The third kappa shape index (κ3) is 4.66. The topological polar surface area (TPSA) is 50.8 Å². The zero-order chi connectivity index (χ0) is 20.2. The van der Waals surface area contributed by atoms with E-state index in [4.69, 9.17) is 22.7 Å². The Kier molecular flexibility index (Phi) is 5.92. The summed E-state index contributed by atoms with van der Waals surface area (Å²) in [6.07, 6.45) is 0.739. The number of thiocarbonyl (C=S) groups is 1. The quantitative estimate of drug-likeness (QED) is 0.510. The molecule has 0 spiro atoms. The maximum absolute atomic E-state index is 5.95. The average Bonchev–Trinajstić information content (AvgIpc) is 3.20. The Labute approximate surface area is 184 Å². The Morgan fingerprint density at radius 1 is 1.03 bits per heavy atom. The lowest BCUT2D eigenvalue weighted by Crippen LogP contribution is -2.31. The zero-order valence-corrected chi connectivity index (χ0v) is 18.1. The third-order valence-corrected chi connectivity index (χ3v) is 5.54. The lowest BCUT2D eigenvalue weighted by Gasteiger charge is -2.22. The molecular weight excluding hydrogens is 446 g/mol. The summed E-state index contributed by atoms with van der Waals surface area (Å²) < 4.78 is 6.92. The number of hydrazone groups is 1. The SMILES string of the molecule is NC(=S)N1N=C(c2ccc(Br)cc2)CC1c1ccc(OCc2ccccc2)cc1. The van der Waals surface area contributed by atoms with Gasteiger partial charge in [-0.3, -0.25) is 0 Å². The number of halogens is 1. The van der Waals surface area contributed by atoms with Gasteiger partial charge in [-0.1, -0.05) is 70.5 Å². The number of benzene rings is 3. The summed E-state index contributed by atoms with van der Waals surface area (Å²) in [5.41, 5.74) is 10.2. The van der Waals surface area contributed by atoms with Crippen LogP contribution in [0.1, 0.15) is 29.2 Å². The van der Waals surface area contributed by atoms with E-state index in [2.05, 4.69) is 33.2 Å². The lowest BCUT2D eigenvalue weighted by molar-refractivity contribution is 0.305. The van der Waals surface area contributed by atoms with Crippen LogP contribution in [0.5, 0.6) is 5.75 Å². The van der Waals surface area contributed by atoms with Gasteiger partial charge in [0.05, 0.1) is 11.8 Å². The first kappa shape index (κ1) is 19.6.